The van der Waals surface area contributed by atoms with Crippen molar-refractivity contribution in [1.82, 2.24) is 5.32 Å². The number of nitrogens with zero attached hydrogens (tertiary/aromatic N) is 1. The number of carbonyl (C=O) groups excluding carboxylic acids is 2. The maximum absolute atomic E-state index is 12.3. The Labute approximate surface area is 114 Å². The zero-order valence-electron chi connectivity index (χ0n) is 10.3. The minimum atomic E-state index is -0.440. The Morgan fingerprint density at radius 3 is 2.72 bits per heavy atom. The molecule has 1 aromatic carbocycles. The zero-order chi connectivity index (χ0) is 13.3. The van der Waals surface area contributed by atoms with Crippen LogP contribution in [0.4, 0.5) is 5.69 Å². The molecule has 2 rings (SSSR count). The Hall–Kier alpha value is -1.36. The highest BCUT2D eigenvalue weighted by Crippen LogP contribution is 2.23. The smallest absolute Gasteiger partial charge is 0.250 e. The van der Waals surface area contributed by atoms with Crippen LogP contribution in [0.1, 0.15) is 13.8 Å². The van der Waals surface area contributed by atoms with Crippen LogP contribution in [0.25, 0.3) is 0 Å². The molecule has 1 heterocycles. The summed E-state index contributed by atoms with van der Waals surface area (Å²) in [6.07, 6.45) is 0. The summed E-state index contributed by atoms with van der Waals surface area (Å²) in [6.45, 7) is 3.93. The molecule has 96 valence electrons. The van der Waals surface area contributed by atoms with E-state index < -0.39 is 6.04 Å². The van der Waals surface area contributed by atoms with E-state index in [9.17, 15) is 9.59 Å². The van der Waals surface area contributed by atoms with Crippen LogP contribution in [0, 0.1) is 5.92 Å². The minimum absolute atomic E-state index is 0.0531. The van der Waals surface area contributed by atoms with Gasteiger partial charge in [0.1, 0.15) is 12.6 Å². The average molecular weight is 311 g/mol. The molecule has 18 heavy (non-hydrogen) atoms. The Morgan fingerprint density at radius 2 is 2.11 bits per heavy atom. The van der Waals surface area contributed by atoms with E-state index in [-0.39, 0.29) is 24.3 Å². The summed E-state index contributed by atoms with van der Waals surface area (Å²) < 4.78 is 0.889. The van der Waals surface area contributed by atoms with E-state index in [1.807, 2.05) is 38.1 Å². The van der Waals surface area contributed by atoms with Crippen molar-refractivity contribution in [2.24, 2.45) is 5.92 Å². The lowest BCUT2D eigenvalue weighted by Gasteiger charge is -2.34. The van der Waals surface area contributed by atoms with Crippen molar-refractivity contribution >= 4 is 33.4 Å². The van der Waals surface area contributed by atoms with Gasteiger partial charge in [0.25, 0.3) is 0 Å². The molecule has 1 aliphatic rings. The van der Waals surface area contributed by atoms with E-state index >= 15 is 0 Å². The summed E-state index contributed by atoms with van der Waals surface area (Å²) >= 11 is 3.37. The van der Waals surface area contributed by atoms with Crippen LogP contribution in [0.3, 0.4) is 0 Å². The molecule has 1 N–H and O–H groups in total. The number of nitrogens with one attached hydrogen (secondary N) is 1. The molecule has 1 atom stereocenters. The SMILES string of the molecule is CC(C)C1NC(=O)CN(c2cccc(Br)c2)C1=O. The van der Waals surface area contributed by atoms with Gasteiger partial charge in [-0.25, -0.2) is 0 Å². The van der Waals surface area contributed by atoms with Gasteiger partial charge in [-0.2, -0.15) is 0 Å². The summed E-state index contributed by atoms with van der Waals surface area (Å²) in [5.41, 5.74) is 0.745. The van der Waals surface area contributed by atoms with Gasteiger partial charge in [0.15, 0.2) is 0 Å². The third-order valence-electron chi connectivity index (χ3n) is 2.94. The number of anilines is 1. The molecule has 4 nitrogen and oxygen atoms in total. The number of amides is 2. The fourth-order valence-corrected chi connectivity index (χ4v) is 2.37. The first-order valence-corrected chi connectivity index (χ1v) is 6.64. The van der Waals surface area contributed by atoms with Gasteiger partial charge in [0.05, 0.1) is 0 Å². The Morgan fingerprint density at radius 1 is 1.39 bits per heavy atom. The Balaban J connectivity index is 2.32. The van der Waals surface area contributed by atoms with E-state index in [2.05, 4.69) is 21.2 Å². The quantitative estimate of drug-likeness (QED) is 0.907. The first kappa shape index (κ1) is 13.1. The van der Waals surface area contributed by atoms with Crippen LogP contribution in [-0.2, 0) is 9.59 Å². The molecule has 0 aromatic heterocycles. The van der Waals surface area contributed by atoms with Crippen LogP contribution >= 0.6 is 15.9 Å². The summed E-state index contributed by atoms with van der Waals surface area (Å²) in [6, 6.07) is 6.97. The van der Waals surface area contributed by atoms with E-state index in [4.69, 9.17) is 0 Å². The summed E-state index contributed by atoms with van der Waals surface area (Å²) in [4.78, 5) is 25.5. The van der Waals surface area contributed by atoms with E-state index in [1.54, 1.807) is 0 Å². The first-order valence-electron chi connectivity index (χ1n) is 5.85. The largest absolute Gasteiger partial charge is 0.342 e. The maximum Gasteiger partial charge on any atom is 0.250 e. The van der Waals surface area contributed by atoms with Gasteiger partial charge in [0, 0.05) is 10.2 Å². The van der Waals surface area contributed by atoms with Gasteiger partial charge in [-0.05, 0) is 24.1 Å². The fraction of sp³-hybridized carbons (Fsp3) is 0.385. The lowest BCUT2D eigenvalue weighted by atomic mass is 10.0. The molecule has 0 spiro atoms. The van der Waals surface area contributed by atoms with Crippen LogP contribution in [0.15, 0.2) is 28.7 Å². The molecule has 0 radical (unpaired) electrons. The lowest BCUT2D eigenvalue weighted by molar-refractivity contribution is -0.132. The zero-order valence-corrected chi connectivity index (χ0v) is 11.9. The number of benzene rings is 1. The molecule has 1 saturated heterocycles. The minimum Gasteiger partial charge on any atom is -0.342 e. The normalized spacial score (nSPS) is 20.2. The standard InChI is InChI=1S/C13H15BrN2O2/c1-8(2)12-13(18)16(7-11(17)15-12)10-5-3-4-9(14)6-10/h3-6,8,12H,7H2,1-2H3,(H,15,17). The monoisotopic (exact) mass is 310 g/mol. The molecule has 0 bridgehead atoms. The Bertz CT molecular complexity index is 488. The van der Waals surface area contributed by atoms with Crippen molar-refractivity contribution in [3.05, 3.63) is 28.7 Å². The topological polar surface area (TPSA) is 49.4 Å². The molecule has 1 aromatic rings. The predicted octanol–water partition coefficient (Wildman–Crippen LogP) is 1.94. The van der Waals surface area contributed by atoms with Crippen LogP contribution in [-0.4, -0.2) is 24.4 Å². The third kappa shape index (κ3) is 2.56. The van der Waals surface area contributed by atoms with Crippen molar-refractivity contribution in [1.29, 1.82) is 0 Å². The molecule has 5 heteroatoms. The van der Waals surface area contributed by atoms with Crippen LogP contribution < -0.4 is 10.2 Å². The lowest BCUT2D eigenvalue weighted by Crippen LogP contribution is -2.60. The molecular formula is C13H15BrN2O2. The second-order valence-corrected chi connectivity index (χ2v) is 5.61. The van der Waals surface area contributed by atoms with Crippen molar-refractivity contribution in [3.8, 4) is 0 Å². The second kappa shape index (κ2) is 5.10. The maximum atomic E-state index is 12.3. The molecule has 1 unspecified atom stereocenters. The predicted molar refractivity (Wildman–Crippen MR) is 73.3 cm³/mol. The number of hydrogen-bond donors (Lipinski definition) is 1. The highest BCUT2D eigenvalue weighted by Gasteiger charge is 2.35. The van der Waals surface area contributed by atoms with Crippen LogP contribution in [0.2, 0.25) is 0 Å². The fourth-order valence-electron chi connectivity index (χ4n) is 1.98. The molecule has 0 aliphatic carbocycles. The van der Waals surface area contributed by atoms with Crippen molar-refractivity contribution in [2.45, 2.75) is 19.9 Å². The first-order chi connectivity index (χ1) is 8.49. The Kier molecular flexibility index (Phi) is 3.71. The average Bonchev–Trinajstić information content (AvgIpc) is 2.31. The highest BCUT2D eigenvalue weighted by atomic mass is 79.9. The second-order valence-electron chi connectivity index (χ2n) is 4.69. The molecule has 2 amide bonds. The van der Waals surface area contributed by atoms with Crippen molar-refractivity contribution < 1.29 is 9.59 Å². The van der Waals surface area contributed by atoms with Crippen LogP contribution in [0.5, 0.6) is 0 Å². The van der Waals surface area contributed by atoms with E-state index in [0.29, 0.717) is 0 Å². The number of piperazine rings is 1. The van der Waals surface area contributed by atoms with Gasteiger partial charge in [0.2, 0.25) is 11.8 Å². The van der Waals surface area contributed by atoms with Gasteiger partial charge in [-0.15, -0.1) is 0 Å². The van der Waals surface area contributed by atoms with Gasteiger partial charge in [-0.1, -0.05) is 35.8 Å². The molecule has 0 saturated carbocycles. The summed E-state index contributed by atoms with van der Waals surface area (Å²) in [7, 11) is 0. The van der Waals surface area contributed by atoms with Gasteiger partial charge >= 0.3 is 0 Å². The van der Waals surface area contributed by atoms with E-state index in [0.717, 1.165) is 10.2 Å². The van der Waals surface area contributed by atoms with Crippen molar-refractivity contribution in [3.63, 3.8) is 0 Å². The summed E-state index contributed by atoms with van der Waals surface area (Å²) in [5, 5.41) is 2.74. The van der Waals surface area contributed by atoms with Gasteiger partial charge in [-0.3, -0.25) is 9.59 Å². The number of rotatable bonds is 2. The summed E-state index contributed by atoms with van der Waals surface area (Å²) in [5.74, 6) is -0.0904. The molecule has 1 aliphatic heterocycles. The highest BCUT2D eigenvalue weighted by molar-refractivity contribution is 9.10. The molecule has 1 fully saturated rings. The third-order valence-corrected chi connectivity index (χ3v) is 3.43. The molecular weight excluding hydrogens is 296 g/mol. The number of carbonyl (C=O) groups is 2. The number of halogens is 1. The van der Waals surface area contributed by atoms with Gasteiger partial charge < -0.3 is 10.2 Å². The van der Waals surface area contributed by atoms with Crippen molar-refractivity contribution in [2.75, 3.05) is 11.4 Å². The number of hydrogen-bond acceptors (Lipinski definition) is 2. The van der Waals surface area contributed by atoms with E-state index in [1.165, 1.54) is 4.90 Å².